The molecule has 1 aromatic rings. The summed E-state index contributed by atoms with van der Waals surface area (Å²) in [6.45, 7) is 2.67. The number of hydrogen-bond acceptors (Lipinski definition) is 1. The van der Waals surface area contributed by atoms with Gasteiger partial charge in [0, 0.05) is 5.88 Å². The maximum atomic E-state index is 5.64. The molecule has 0 saturated carbocycles. The maximum Gasteiger partial charge on any atom is 0.133 e. The molecule has 0 aliphatic carbocycles. The van der Waals surface area contributed by atoms with Gasteiger partial charge in [0.1, 0.15) is 5.75 Å². The standard InChI is InChI=1S/C11H14BrClO/c1-2-14-11-6-5-9(4-3-7-13)8-10(11)12/h5-6,8H,2-4,7H2,1H3. The molecule has 0 unspecified atom stereocenters. The molecule has 0 amide bonds. The maximum absolute atomic E-state index is 5.64. The second-order valence-corrected chi connectivity index (χ2v) is 4.22. The summed E-state index contributed by atoms with van der Waals surface area (Å²) in [4.78, 5) is 0. The third-order valence-electron chi connectivity index (χ3n) is 1.90. The van der Waals surface area contributed by atoms with Gasteiger partial charge in [0.15, 0.2) is 0 Å². The first-order valence-corrected chi connectivity index (χ1v) is 6.08. The molecule has 3 heteroatoms. The second-order valence-electron chi connectivity index (χ2n) is 2.99. The molecule has 14 heavy (non-hydrogen) atoms. The smallest absolute Gasteiger partial charge is 0.133 e. The monoisotopic (exact) mass is 276 g/mol. The molecule has 0 atom stereocenters. The van der Waals surface area contributed by atoms with Gasteiger partial charge in [-0.1, -0.05) is 6.07 Å². The Kier molecular flexibility index (Phi) is 5.34. The van der Waals surface area contributed by atoms with Crippen molar-refractivity contribution in [3.63, 3.8) is 0 Å². The lowest BCUT2D eigenvalue weighted by molar-refractivity contribution is 0.338. The Morgan fingerprint density at radius 3 is 2.79 bits per heavy atom. The van der Waals surface area contributed by atoms with Gasteiger partial charge in [0.2, 0.25) is 0 Å². The fourth-order valence-corrected chi connectivity index (χ4v) is 1.92. The van der Waals surface area contributed by atoms with E-state index in [0.29, 0.717) is 12.5 Å². The van der Waals surface area contributed by atoms with E-state index in [0.717, 1.165) is 23.1 Å². The second kappa shape index (κ2) is 6.31. The van der Waals surface area contributed by atoms with Gasteiger partial charge < -0.3 is 4.74 Å². The van der Waals surface area contributed by atoms with Gasteiger partial charge in [-0.3, -0.25) is 0 Å². The van der Waals surface area contributed by atoms with Crippen LogP contribution in [-0.2, 0) is 6.42 Å². The Labute approximate surface area is 98.5 Å². The van der Waals surface area contributed by atoms with Crippen LogP contribution in [-0.4, -0.2) is 12.5 Å². The molecule has 0 bridgehead atoms. The van der Waals surface area contributed by atoms with Gasteiger partial charge in [-0.15, -0.1) is 11.6 Å². The van der Waals surface area contributed by atoms with Crippen LogP contribution in [0.2, 0.25) is 0 Å². The van der Waals surface area contributed by atoms with Gasteiger partial charge in [0.05, 0.1) is 11.1 Å². The molecule has 1 rings (SSSR count). The van der Waals surface area contributed by atoms with Crippen molar-refractivity contribution in [3.8, 4) is 5.75 Å². The van der Waals surface area contributed by atoms with Crippen molar-refractivity contribution < 1.29 is 4.74 Å². The first kappa shape index (κ1) is 11.9. The van der Waals surface area contributed by atoms with E-state index < -0.39 is 0 Å². The minimum Gasteiger partial charge on any atom is -0.493 e. The van der Waals surface area contributed by atoms with Gasteiger partial charge in [-0.05, 0) is 53.4 Å². The lowest BCUT2D eigenvalue weighted by atomic mass is 10.1. The van der Waals surface area contributed by atoms with Crippen molar-refractivity contribution >= 4 is 27.5 Å². The average Bonchev–Trinajstić information content (AvgIpc) is 2.19. The van der Waals surface area contributed by atoms with Crippen molar-refractivity contribution in [1.29, 1.82) is 0 Å². The van der Waals surface area contributed by atoms with Crippen LogP contribution in [0.25, 0.3) is 0 Å². The molecule has 0 N–H and O–H groups in total. The third-order valence-corrected chi connectivity index (χ3v) is 2.78. The number of halogens is 2. The molecule has 0 aromatic heterocycles. The van der Waals surface area contributed by atoms with Gasteiger partial charge in [0.25, 0.3) is 0 Å². The summed E-state index contributed by atoms with van der Waals surface area (Å²) in [5.41, 5.74) is 1.29. The number of rotatable bonds is 5. The van der Waals surface area contributed by atoms with Crippen LogP contribution in [0.1, 0.15) is 18.9 Å². The first-order valence-electron chi connectivity index (χ1n) is 4.75. The molecule has 0 aliphatic heterocycles. The Bertz CT molecular complexity index is 289. The molecule has 0 spiro atoms. The zero-order valence-electron chi connectivity index (χ0n) is 8.22. The van der Waals surface area contributed by atoms with Gasteiger partial charge in [-0.2, -0.15) is 0 Å². The van der Waals surface area contributed by atoms with Crippen LogP contribution in [0, 0.1) is 0 Å². The lowest BCUT2D eigenvalue weighted by Crippen LogP contribution is -1.93. The molecule has 0 aliphatic rings. The number of hydrogen-bond donors (Lipinski definition) is 0. The average molecular weight is 278 g/mol. The normalized spacial score (nSPS) is 10.2. The highest BCUT2D eigenvalue weighted by Gasteiger charge is 2.01. The summed E-state index contributed by atoms with van der Waals surface area (Å²) in [7, 11) is 0. The highest BCUT2D eigenvalue weighted by atomic mass is 79.9. The number of alkyl halides is 1. The summed E-state index contributed by atoms with van der Waals surface area (Å²) >= 11 is 9.12. The minimum atomic E-state index is 0.694. The van der Waals surface area contributed by atoms with Crippen molar-refractivity contribution in [2.45, 2.75) is 19.8 Å². The van der Waals surface area contributed by atoms with E-state index in [1.807, 2.05) is 13.0 Å². The molecule has 78 valence electrons. The Morgan fingerprint density at radius 1 is 1.43 bits per heavy atom. The zero-order valence-corrected chi connectivity index (χ0v) is 10.6. The van der Waals surface area contributed by atoms with Crippen LogP contribution in [0.4, 0.5) is 0 Å². The largest absolute Gasteiger partial charge is 0.493 e. The number of ether oxygens (including phenoxy) is 1. The molecule has 1 nitrogen and oxygen atoms in total. The number of benzene rings is 1. The van der Waals surface area contributed by atoms with Crippen LogP contribution in [0.3, 0.4) is 0 Å². The van der Waals surface area contributed by atoms with E-state index in [1.165, 1.54) is 5.56 Å². The first-order chi connectivity index (χ1) is 6.77. The molecular weight excluding hydrogens is 263 g/mol. The van der Waals surface area contributed by atoms with Crippen LogP contribution in [0.15, 0.2) is 22.7 Å². The van der Waals surface area contributed by atoms with Crippen LogP contribution in [0.5, 0.6) is 5.75 Å². The molecular formula is C11H14BrClO. The third kappa shape index (κ3) is 3.50. The van der Waals surface area contributed by atoms with E-state index in [4.69, 9.17) is 16.3 Å². The fourth-order valence-electron chi connectivity index (χ4n) is 1.24. The molecule has 0 heterocycles. The SMILES string of the molecule is CCOc1ccc(CCCCl)cc1Br. The summed E-state index contributed by atoms with van der Waals surface area (Å²) in [6, 6.07) is 6.18. The summed E-state index contributed by atoms with van der Waals surface area (Å²) in [5, 5.41) is 0. The predicted molar refractivity (Wildman–Crippen MR) is 64.4 cm³/mol. The topological polar surface area (TPSA) is 9.23 Å². The van der Waals surface area contributed by atoms with E-state index in [-0.39, 0.29) is 0 Å². The fraction of sp³-hybridized carbons (Fsp3) is 0.455. The van der Waals surface area contributed by atoms with E-state index >= 15 is 0 Å². The Balaban J connectivity index is 2.68. The highest BCUT2D eigenvalue weighted by molar-refractivity contribution is 9.10. The Morgan fingerprint density at radius 2 is 2.21 bits per heavy atom. The van der Waals surface area contributed by atoms with E-state index in [1.54, 1.807) is 0 Å². The molecule has 0 radical (unpaired) electrons. The minimum absolute atomic E-state index is 0.694. The summed E-state index contributed by atoms with van der Waals surface area (Å²) < 4.78 is 6.44. The van der Waals surface area contributed by atoms with Gasteiger partial charge >= 0.3 is 0 Å². The highest BCUT2D eigenvalue weighted by Crippen LogP contribution is 2.26. The molecule has 0 saturated heterocycles. The molecule has 1 aromatic carbocycles. The van der Waals surface area contributed by atoms with Crippen LogP contribution >= 0.6 is 27.5 Å². The quantitative estimate of drug-likeness (QED) is 0.739. The van der Waals surface area contributed by atoms with Crippen molar-refractivity contribution in [1.82, 2.24) is 0 Å². The van der Waals surface area contributed by atoms with Gasteiger partial charge in [-0.25, -0.2) is 0 Å². The van der Waals surface area contributed by atoms with Crippen molar-refractivity contribution in [2.75, 3.05) is 12.5 Å². The lowest BCUT2D eigenvalue weighted by Gasteiger charge is -2.07. The van der Waals surface area contributed by atoms with Crippen molar-refractivity contribution in [2.24, 2.45) is 0 Å². The summed E-state index contributed by atoms with van der Waals surface area (Å²) in [6.07, 6.45) is 2.04. The van der Waals surface area contributed by atoms with E-state index in [2.05, 4.69) is 28.1 Å². The Hall–Kier alpha value is -0.210. The zero-order chi connectivity index (χ0) is 10.4. The van der Waals surface area contributed by atoms with Crippen molar-refractivity contribution in [3.05, 3.63) is 28.2 Å². The van der Waals surface area contributed by atoms with E-state index in [9.17, 15) is 0 Å². The van der Waals surface area contributed by atoms with Crippen LogP contribution < -0.4 is 4.74 Å². The summed E-state index contributed by atoms with van der Waals surface area (Å²) in [5.74, 6) is 1.62. The number of aryl methyl sites for hydroxylation is 1. The predicted octanol–water partition coefficient (Wildman–Crippen LogP) is 4.02. The molecule has 0 fully saturated rings.